The Bertz CT molecular complexity index is 1080. The molecule has 1 aliphatic rings. The molecular formula is C32H42NO2P. The maximum absolute atomic E-state index is 9.98. The van der Waals surface area contributed by atoms with E-state index < -0.39 is 7.92 Å². The van der Waals surface area contributed by atoms with Crippen molar-refractivity contribution in [3.63, 3.8) is 0 Å². The average Bonchev–Trinajstić information content (AvgIpc) is 3.28. The molecule has 1 fully saturated rings. The number of aryl methyl sites for hydroxylation is 4. The van der Waals surface area contributed by atoms with Crippen molar-refractivity contribution in [3.05, 3.63) is 88.0 Å². The van der Waals surface area contributed by atoms with Crippen molar-refractivity contribution in [2.75, 3.05) is 21.2 Å². The van der Waals surface area contributed by atoms with E-state index in [9.17, 15) is 5.11 Å². The summed E-state index contributed by atoms with van der Waals surface area (Å²) in [4.78, 5) is 2.43. The first-order valence-electron chi connectivity index (χ1n) is 13.1. The van der Waals surface area contributed by atoms with Gasteiger partial charge in [0.25, 0.3) is 0 Å². The van der Waals surface area contributed by atoms with Crippen LogP contribution in [-0.4, -0.2) is 36.9 Å². The highest BCUT2D eigenvalue weighted by atomic mass is 31.1. The highest BCUT2D eigenvalue weighted by Crippen LogP contribution is 2.55. The van der Waals surface area contributed by atoms with Gasteiger partial charge in [-0.15, -0.1) is 0 Å². The summed E-state index contributed by atoms with van der Waals surface area (Å²) in [6.07, 6.45) is 3.77. The molecule has 3 aromatic carbocycles. The lowest BCUT2D eigenvalue weighted by molar-refractivity contribution is 0.217. The van der Waals surface area contributed by atoms with Crippen LogP contribution in [0.3, 0.4) is 0 Å². The minimum Gasteiger partial charge on any atom is -0.496 e. The standard InChI is InChI=1S/C32H42NO2P/c1-21-16-26(17-22(2)29(21)20-34)36(27-18-23(3)32(35-7)24(4)19-27)30-15-11-14-28(30)31(33(5)6)25-12-9-8-10-13-25/h8-10,12-13,16-19,28,30-31,34H,11,14-15,20H2,1-7H3/t28?,30?,31-,36?/m1/s1. The molecule has 1 N–H and O–H groups in total. The minimum atomic E-state index is -0.602. The number of aliphatic hydroxyl groups excluding tert-OH is 1. The minimum absolute atomic E-state index is 0.0966. The molecule has 3 nitrogen and oxygen atoms in total. The number of hydrogen-bond donors (Lipinski definition) is 1. The molecule has 4 heteroatoms. The van der Waals surface area contributed by atoms with Gasteiger partial charge in [-0.3, -0.25) is 0 Å². The summed E-state index contributed by atoms with van der Waals surface area (Å²) < 4.78 is 5.73. The van der Waals surface area contributed by atoms with Gasteiger partial charge in [0.1, 0.15) is 5.75 Å². The molecular weight excluding hydrogens is 461 g/mol. The van der Waals surface area contributed by atoms with Crippen molar-refractivity contribution >= 4 is 18.5 Å². The van der Waals surface area contributed by atoms with Gasteiger partial charge < -0.3 is 14.7 Å². The maximum atomic E-state index is 9.98. The van der Waals surface area contributed by atoms with Crippen molar-refractivity contribution in [2.45, 2.75) is 65.3 Å². The van der Waals surface area contributed by atoms with Crippen LogP contribution in [0.25, 0.3) is 0 Å². The number of methoxy groups -OCH3 is 1. The zero-order valence-electron chi connectivity index (χ0n) is 23.0. The van der Waals surface area contributed by atoms with Crippen LogP contribution < -0.4 is 15.3 Å². The van der Waals surface area contributed by atoms with Crippen molar-refractivity contribution in [2.24, 2.45) is 5.92 Å². The Balaban J connectivity index is 1.88. The molecule has 0 heterocycles. The maximum Gasteiger partial charge on any atom is 0.124 e. The molecule has 1 aliphatic carbocycles. The van der Waals surface area contributed by atoms with Gasteiger partial charge in [-0.2, -0.15) is 0 Å². The Labute approximate surface area is 219 Å². The third-order valence-electron chi connectivity index (χ3n) is 8.01. The fraction of sp³-hybridized carbons (Fsp3) is 0.438. The Morgan fingerprint density at radius 1 is 0.889 bits per heavy atom. The van der Waals surface area contributed by atoms with E-state index in [2.05, 4.69) is 101 Å². The summed E-state index contributed by atoms with van der Waals surface area (Å²) in [6, 6.07) is 20.9. The molecule has 1 saturated carbocycles. The van der Waals surface area contributed by atoms with Crippen LogP contribution >= 0.6 is 7.92 Å². The van der Waals surface area contributed by atoms with E-state index in [4.69, 9.17) is 4.74 Å². The first kappa shape index (κ1) is 26.9. The Kier molecular flexibility index (Phi) is 8.56. The van der Waals surface area contributed by atoms with Gasteiger partial charge in [0.15, 0.2) is 0 Å². The van der Waals surface area contributed by atoms with E-state index in [1.807, 2.05) is 0 Å². The lowest BCUT2D eigenvalue weighted by atomic mass is 9.90. The average molecular weight is 504 g/mol. The first-order chi connectivity index (χ1) is 17.3. The molecule has 0 spiro atoms. The van der Waals surface area contributed by atoms with Gasteiger partial charge in [0.2, 0.25) is 0 Å². The summed E-state index contributed by atoms with van der Waals surface area (Å²) in [6.45, 7) is 8.75. The first-order valence-corrected chi connectivity index (χ1v) is 14.5. The van der Waals surface area contributed by atoms with Crippen molar-refractivity contribution in [1.82, 2.24) is 4.90 Å². The molecule has 0 amide bonds. The van der Waals surface area contributed by atoms with E-state index in [1.54, 1.807) is 7.11 Å². The smallest absolute Gasteiger partial charge is 0.124 e. The third-order valence-corrected chi connectivity index (χ3v) is 10.9. The van der Waals surface area contributed by atoms with Gasteiger partial charge in [0.05, 0.1) is 13.7 Å². The van der Waals surface area contributed by atoms with E-state index >= 15 is 0 Å². The van der Waals surface area contributed by atoms with Crippen LogP contribution in [0.1, 0.15) is 58.7 Å². The van der Waals surface area contributed by atoms with E-state index in [0.29, 0.717) is 17.6 Å². The number of nitrogens with zero attached hydrogens (tertiary/aromatic N) is 1. The SMILES string of the molecule is COc1c(C)cc(P(c2cc(C)c(CO)c(C)c2)C2CCCC2[C@@H](c2ccccc2)N(C)C)cc1C. The second-order valence-electron chi connectivity index (χ2n) is 10.7. The van der Waals surface area contributed by atoms with Crippen LogP contribution in [0.2, 0.25) is 0 Å². The van der Waals surface area contributed by atoms with E-state index in [1.165, 1.54) is 57.7 Å². The number of hydrogen-bond acceptors (Lipinski definition) is 3. The topological polar surface area (TPSA) is 32.7 Å². The Morgan fingerprint density at radius 2 is 1.44 bits per heavy atom. The third kappa shape index (κ3) is 5.25. The number of benzene rings is 3. The second-order valence-corrected chi connectivity index (χ2v) is 13.1. The van der Waals surface area contributed by atoms with Crippen LogP contribution in [0.15, 0.2) is 54.6 Å². The number of ether oxygens (including phenoxy) is 1. The van der Waals surface area contributed by atoms with Crippen LogP contribution in [0.4, 0.5) is 0 Å². The number of aliphatic hydroxyl groups is 1. The summed E-state index contributed by atoms with van der Waals surface area (Å²) in [7, 11) is 5.64. The summed E-state index contributed by atoms with van der Waals surface area (Å²) >= 11 is 0. The van der Waals surface area contributed by atoms with Gasteiger partial charge in [-0.1, -0.05) is 48.9 Å². The molecule has 36 heavy (non-hydrogen) atoms. The molecule has 0 saturated heterocycles. The lowest BCUT2D eigenvalue weighted by Crippen LogP contribution is -2.34. The molecule has 192 valence electrons. The van der Waals surface area contributed by atoms with E-state index in [-0.39, 0.29) is 6.61 Å². The van der Waals surface area contributed by atoms with Crippen LogP contribution in [-0.2, 0) is 6.61 Å². The molecule has 0 radical (unpaired) electrons. The van der Waals surface area contributed by atoms with Crippen molar-refractivity contribution in [3.8, 4) is 5.75 Å². The molecule has 0 bridgehead atoms. The monoisotopic (exact) mass is 503 g/mol. The predicted octanol–water partition coefficient (Wildman–Crippen LogP) is 6.33. The zero-order valence-corrected chi connectivity index (χ0v) is 23.9. The molecule has 0 aromatic heterocycles. The number of rotatable bonds is 8. The lowest BCUT2D eigenvalue weighted by Gasteiger charge is -2.38. The molecule has 4 atom stereocenters. The highest BCUT2D eigenvalue weighted by molar-refractivity contribution is 7.73. The normalized spacial score (nSPS) is 19.5. The van der Waals surface area contributed by atoms with Gasteiger partial charge in [-0.05, 0) is 130 Å². The molecule has 3 aromatic rings. The van der Waals surface area contributed by atoms with Crippen LogP contribution in [0, 0.1) is 33.6 Å². The van der Waals surface area contributed by atoms with Gasteiger partial charge in [0, 0.05) is 6.04 Å². The van der Waals surface area contributed by atoms with E-state index in [0.717, 1.165) is 11.3 Å². The van der Waals surface area contributed by atoms with Crippen LogP contribution in [0.5, 0.6) is 5.75 Å². The van der Waals surface area contributed by atoms with Gasteiger partial charge in [-0.25, -0.2) is 0 Å². The summed E-state index contributed by atoms with van der Waals surface area (Å²) in [5.74, 6) is 1.57. The summed E-state index contributed by atoms with van der Waals surface area (Å²) in [5.41, 5.74) is 7.88. The quantitative estimate of drug-likeness (QED) is 0.365. The molecule has 3 unspecified atom stereocenters. The van der Waals surface area contributed by atoms with Crippen molar-refractivity contribution in [1.29, 1.82) is 0 Å². The molecule has 4 rings (SSSR count). The zero-order chi connectivity index (χ0) is 26.0. The fourth-order valence-corrected chi connectivity index (χ4v) is 10.0. The summed E-state index contributed by atoms with van der Waals surface area (Å²) in [5, 5.41) is 12.9. The Hall–Kier alpha value is -2.19. The predicted molar refractivity (Wildman–Crippen MR) is 154 cm³/mol. The fourth-order valence-electron chi connectivity index (χ4n) is 6.52. The van der Waals surface area contributed by atoms with Gasteiger partial charge >= 0.3 is 0 Å². The largest absolute Gasteiger partial charge is 0.496 e. The second kappa shape index (κ2) is 11.5. The highest BCUT2D eigenvalue weighted by Gasteiger charge is 2.41. The van der Waals surface area contributed by atoms with Crippen molar-refractivity contribution < 1.29 is 9.84 Å². The Morgan fingerprint density at radius 3 is 1.94 bits per heavy atom. The molecule has 0 aliphatic heterocycles.